The van der Waals surface area contributed by atoms with E-state index in [0.29, 0.717) is 0 Å². The largest absolute Gasteiger partial charge is 0.307 e. The molecule has 5 nitrogen and oxygen atoms in total. The van der Waals surface area contributed by atoms with Gasteiger partial charge in [-0.3, -0.25) is 4.68 Å². The normalized spacial score (nSPS) is 11.7. The van der Waals surface area contributed by atoms with Crippen molar-refractivity contribution < 1.29 is 0 Å². The van der Waals surface area contributed by atoms with Gasteiger partial charge in [-0.05, 0) is 26.8 Å². The first kappa shape index (κ1) is 12.7. The molecule has 0 aliphatic carbocycles. The molecule has 18 heavy (non-hydrogen) atoms. The standard InChI is InChI=1S/C13H19N5/c1-13(2,3)18-9-11(7-17-18)6-15-8-12-4-5-14-10-16-12/h4-5,7,9-10,15H,6,8H2,1-3H3. The van der Waals surface area contributed by atoms with Crippen LogP contribution in [0.5, 0.6) is 0 Å². The molecule has 5 heteroatoms. The summed E-state index contributed by atoms with van der Waals surface area (Å²) in [5, 5.41) is 7.70. The van der Waals surface area contributed by atoms with Crippen LogP contribution in [0.1, 0.15) is 32.0 Å². The summed E-state index contributed by atoms with van der Waals surface area (Å²) in [4.78, 5) is 8.05. The molecule has 0 saturated carbocycles. The van der Waals surface area contributed by atoms with Crippen molar-refractivity contribution in [3.8, 4) is 0 Å². The van der Waals surface area contributed by atoms with Crippen LogP contribution < -0.4 is 5.32 Å². The fraction of sp³-hybridized carbons (Fsp3) is 0.462. The summed E-state index contributed by atoms with van der Waals surface area (Å²) in [7, 11) is 0. The van der Waals surface area contributed by atoms with E-state index in [9.17, 15) is 0 Å². The Labute approximate surface area is 107 Å². The van der Waals surface area contributed by atoms with Crippen LogP contribution in [0.4, 0.5) is 0 Å². The molecule has 0 unspecified atom stereocenters. The molecule has 0 aliphatic rings. The Morgan fingerprint density at radius 1 is 1.28 bits per heavy atom. The molecular weight excluding hydrogens is 226 g/mol. The lowest BCUT2D eigenvalue weighted by Gasteiger charge is -2.18. The van der Waals surface area contributed by atoms with Crippen LogP contribution in [-0.2, 0) is 18.6 Å². The molecule has 2 aromatic rings. The zero-order chi connectivity index (χ0) is 13.0. The number of rotatable bonds is 4. The second kappa shape index (κ2) is 5.27. The first-order valence-corrected chi connectivity index (χ1v) is 6.05. The van der Waals surface area contributed by atoms with E-state index in [-0.39, 0.29) is 5.54 Å². The average molecular weight is 245 g/mol. The number of aromatic nitrogens is 4. The van der Waals surface area contributed by atoms with Gasteiger partial charge in [0.2, 0.25) is 0 Å². The topological polar surface area (TPSA) is 55.6 Å². The second-order valence-corrected chi connectivity index (χ2v) is 5.27. The number of hydrogen-bond donors (Lipinski definition) is 1. The van der Waals surface area contributed by atoms with Crippen molar-refractivity contribution >= 4 is 0 Å². The minimum Gasteiger partial charge on any atom is -0.307 e. The highest BCUT2D eigenvalue weighted by Crippen LogP contribution is 2.12. The van der Waals surface area contributed by atoms with E-state index in [1.807, 2.05) is 16.9 Å². The molecule has 0 saturated heterocycles. The van der Waals surface area contributed by atoms with Gasteiger partial charge < -0.3 is 5.32 Å². The molecule has 1 N–H and O–H groups in total. The Bertz CT molecular complexity index is 484. The highest BCUT2D eigenvalue weighted by Gasteiger charge is 2.13. The predicted octanol–water partition coefficient (Wildman–Crippen LogP) is 1.72. The second-order valence-electron chi connectivity index (χ2n) is 5.27. The fourth-order valence-electron chi connectivity index (χ4n) is 1.58. The monoisotopic (exact) mass is 245 g/mol. The maximum atomic E-state index is 4.36. The van der Waals surface area contributed by atoms with E-state index >= 15 is 0 Å². The van der Waals surface area contributed by atoms with E-state index < -0.39 is 0 Å². The molecule has 0 aromatic carbocycles. The lowest BCUT2D eigenvalue weighted by molar-refractivity contribution is 0.355. The van der Waals surface area contributed by atoms with Gasteiger partial charge in [0.25, 0.3) is 0 Å². The number of hydrogen-bond acceptors (Lipinski definition) is 4. The van der Waals surface area contributed by atoms with Crippen molar-refractivity contribution in [1.82, 2.24) is 25.1 Å². The van der Waals surface area contributed by atoms with Crippen LogP contribution in [0.15, 0.2) is 31.0 Å². The summed E-state index contributed by atoms with van der Waals surface area (Å²) in [5.41, 5.74) is 2.21. The summed E-state index contributed by atoms with van der Waals surface area (Å²) in [6.45, 7) is 7.94. The summed E-state index contributed by atoms with van der Waals surface area (Å²) in [5.74, 6) is 0. The third kappa shape index (κ3) is 3.37. The summed E-state index contributed by atoms with van der Waals surface area (Å²) < 4.78 is 1.98. The Morgan fingerprint density at radius 2 is 2.11 bits per heavy atom. The Hall–Kier alpha value is -1.75. The van der Waals surface area contributed by atoms with Crippen LogP contribution in [0.3, 0.4) is 0 Å². The third-order valence-electron chi connectivity index (χ3n) is 2.60. The molecule has 0 amide bonds. The number of nitrogens with one attached hydrogen (secondary N) is 1. The first-order valence-electron chi connectivity index (χ1n) is 6.05. The van der Waals surface area contributed by atoms with Crippen LogP contribution in [0.2, 0.25) is 0 Å². The first-order chi connectivity index (χ1) is 8.55. The summed E-state index contributed by atoms with van der Waals surface area (Å²) in [6.07, 6.45) is 7.29. The fourth-order valence-corrected chi connectivity index (χ4v) is 1.58. The van der Waals surface area contributed by atoms with E-state index in [1.165, 1.54) is 5.56 Å². The SMILES string of the molecule is CC(C)(C)n1cc(CNCc2ccncn2)cn1. The number of nitrogens with zero attached hydrogens (tertiary/aromatic N) is 4. The van der Waals surface area contributed by atoms with E-state index in [4.69, 9.17) is 0 Å². The molecule has 0 atom stereocenters. The third-order valence-corrected chi connectivity index (χ3v) is 2.60. The van der Waals surface area contributed by atoms with Gasteiger partial charge in [-0.15, -0.1) is 0 Å². The zero-order valence-electron chi connectivity index (χ0n) is 11.1. The van der Waals surface area contributed by atoms with Gasteiger partial charge in [-0.2, -0.15) is 5.10 Å². The molecule has 2 heterocycles. The predicted molar refractivity (Wildman–Crippen MR) is 69.8 cm³/mol. The van der Waals surface area contributed by atoms with Crippen molar-refractivity contribution in [3.63, 3.8) is 0 Å². The van der Waals surface area contributed by atoms with Crippen molar-refractivity contribution in [3.05, 3.63) is 42.2 Å². The average Bonchev–Trinajstić information content (AvgIpc) is 2.79. The van der Waals surface area contributed by atoms with Gasteiger partial charge in [0.1, 0.15) is 6.33 Å². The van der Waals surface area contributed by atoms with E-state index in [0.717, 1.165) is 18.8 Å². The van der Waals surface area contributed by atoms with Gasteiger partial charge in [-0.25, -0.2) is 9.97 Å². The lowest BCUT2D eigenvalue weighted by Crippen LogP contribution is -2.22. The molecule has 2 rings (SSSR count). The highest BCUT2D eigenvalue weighted by molar-refractivity contribution is 5.05. The minimum absolute atomic E-state index is 0.0326. The minimum atomic E-state index is 0.0326. The van der Waals surface area contributed by atoms with Crippen molar-refractivity contribution in [2.75, 3.05) is 0 Å². The maximum Gasteiger partial charge on any atom is 0.115 e. The van der Waals surface area contributed by atoms with Gasteiger partial charge in [0, 0.05) is 31.0 Å². The molecule has 2 aromatic heterocycles. The van der Waals surface area contributed by atoms with Crippen molar-refractivity contribution in [1.29, 1.82) is 0 Å². The van der Waals surface area contributed by atoms with Gasteiger partial charge in [-0.1, -0.05) is 0 Å². The highest BCUT2D eigenvalue weighted by atomic mass is 15.3. The molecule has 0 spiro atoms. The molecule has 0 bridgehead atoms. The summed E-state index contributed by atoms with van der Waals surface area (Å²) >= 11 is 0. The van der Waals surface area contributed by atoms with E-state index in [1.54, 1.807) is 12.5 Å². The summed E-state index contributed by atoms with van der Waals surface area (Å²) in [6, 6.07) is 1.91. The smallest absolute Gasteiger partial charge is 0.115 e. The van der Waals surface area contributed by atoms with Gasteiger partial charge in [0.05, 0.1) is 17.4 Å². The molecule has 0 radical (unpaired) electrons. The Morgan fingerprint density at radius 3 is 2.72 bits per heavy atom. The maximum absolute atomic E-state index is 4.36. The van der Waals surface area contributed by atoms with Crippen molar-refractivity contribution in [2.45, 2.75) is 39.4 Å². The van der Waals surface area contributed by atoms with Crippen molar-refractivity contribution in [2.24, 2.45) is 0 Å². The van der Waals surface area contributed by atoms with Gasteiger partial charge in [0.15, 0.2) is 0 Å². The van der Waals surface area contributed by atoms with Crippen LogP contribution in [-0.4, -0.2) is 19.7 Å². The molecule has 96 valence electrons. The molecular formula is C13H19N5. The zero-order valence-corrected chi connectivity index (χ0v) is 11.1. The van der Waals surface area contributed by atoms with E-state index in [2.05, 4.69) is 47.4 Å². The Balaban J connectivity index is 1.86. The molecule has 0 aliphatic heterocycles. The Kier molecular flexibility index (Phi) is 3.72. The van der Waals surface area contributed by atoms with Crippen LogP contribution in [0, 0.1) is 0 Å². The lowest BCUT2D eigenvalue weighted by atomic mass is 10.1. The van der Waals surface area contributed by atoms with Gasteiger partial charge >= 0.3 is 0 Å². The molecule has 0 fully saturated rings. The van der Waals surface area contributed by atoms with Crippen LogP contribution >= 0.6 is 0 Å². The quantitative estimate of drug-likeness (QED) is 0.891. The van der Waals surface area contributed by atoms with Crippen LogP contribution in [0.25, 0.3) is 0 Å².